The monoisotopic (exact) mass is 188 g/mol. The quantitative estimate of drug-likeness (QED) is 0.661. The lowest BCUT2D eigenvalue weighted by molar-refractivity contribution is -0.115. The summed E-state index contributed by atoms with van der Waals surface area (Å²) in [5.41, 5.74) is 2.40. The van der Waals surface area contributed by atoms with Crippen LogP contribution in [0.2, 0.25) is 0 Å². The van der Waals surface area contributed by atoms with Gasteiger partial charge in [-0.3, -0.25) is 4.79 Å². The molecule has 2 rings (SSSR count). The minimum absolute atomic E-state index is 0.367. The van der Waals surface area contributed by atoms with Gasteiger partial charge in [-0.2, -0.15) is 0 Å². The van der Waals surface area contributed by atoms with Crippen LogP contribution in [-0.2, 0) is 4.79 Å². The Morgan fingerprint density at radius 1 is 1.36 bits per heavy atom. The molecule has 0 aromatic heterocycles. The molecule has 0 amide bonds. The number of rotatable bonds is 4. The Kier molecular flexibility index (Phi) is 2.97. The fourth-order valence-corrected chi connectivity index (χ4v) is 1.91. The molecule has 2 aliphatic rings. The second kappa shape index (κ2) is 4.41. The first-order chi connectivity index (χ1) is 6.86. The zero-order valence-corrected chi connectivity index (χ0v) is 8.46. The molecular formula is C13H16O. The van der Waals surface area contributed by atoms with Gasteiger partial charge in [0.2, 0.25) is 0 Å². The van der Waals surface area contributed by atoms with Crippen LogP contribution in [0.3, 0.4) is 0 Å². The van der Waals surface area contributed by atoms with E-state index in [2.05, 4.69) is 18.2 Å². The van der Waals surface area contributed by atoms with E-state index in [1.165, 1.54) is 18.4 Å². The van der Waals surface area contributed by atoms with Crippen molar-refractivity contribution in [2.75, 3.05) is 0 Å². The number of allylic oxidation sites excluding steroid dienone is 6. The number of hydrogen-bond donors (Lipinski definition) is 0. The predicted molar refractivity (Wildman–Crippen MR) is 58.0 cm³/mol. The van der Waals surface area contributed by atoms with Crippen molar-refractivity contribution in [2.24, 2.45) is 0 Å². The maximum atomic E-state index is 11.7. The van der Waals surface area contributed by atoms with Gasteiger partial charge in [0.05, 0.1) is 0 Å². The van der Waals surface area contributed by atoms with Crippen molar-refractivity contribution in [1.82, 2.24) is 0 Å². The summed E-state index contributed by atoms with van der Waals surface area (Å²) in [5, 5.41) is 0. The summed E-state index contributed by atoms with van der Waals surface area (Å²) in [6.07, 6.45) is 14.5. The van der Waals surface area contributed by atoms with E-state index in [1.54, 1.807) is 0 Å². The lowest BCUT2D eigenvalue weighted by Crippen LogP contribution is -2.06. The minimum Gasteiger partial charge on any atom is -0.295 e. The lowest BCUT2D eigenvalue weighted by Gasteiger charge is -2.12. The molecule has 0 N–H and O–H groups in total. The fourth-order valence-electron chi connectivity index (χ4n) is 1.91. The van der Waals surface area contributed by atoms with Crippen LogP contribution in [0.15, 0.2) is 35.5 Å². The standard InChI is InChI=1S/C13H16O/c14-13(10-9-11-5-4-6-11)12-7-2-1-3-8-12/h4-7H,1-3,8-10H2. The molecule has 0 radical (unpaired) electrons. The zero-order valence-electron chi connectivity index (χ0n) is 8.46. The Morgan fingerprint density at radius 3 is 2.79 bits per heavy atom. The van der Waals surface area contributed by atoms with E-state index in [-0.39, 0.29) is 0 Å². The molecular weight excluding hydrogens is 172 g/mol. The molecule has 0 saturated heterocycles. The predicted octanol–water partition coefficient (Wildman–Crippen LogP) is 3.33. The molecule has 1 heteroatoms. The number of Topliss-reactive ketones (excluding diaryl/α,β-unsaturated/α-hetero) is 1. The number of ketones is 1. The highest BCUT2D eigenvalue weighted by Crippen LogP contribution is 2.21. The molecule has 1 nitrogen and oxygen atoms in total. The van der Waals surface area contributed by atoms with Crippen LogP contribution in [0, 0.1) is 0 Å². The number of carbonyl (C=O) groups excluding carboxylic acids is 1. The van der Waals surface area contributed by atoms with Gasteiger partial charge in [0.15, 0.2) is 5.78 Å². The molecule has 0 heterocycles. The van der Waals surface area contributed by atoms with Gasteiger partial charge in [-0.05, 0) is 43.3 Å². The molecule has 14 heavy (non-hydrogen) atoms. The van der Waals surface area contributed by atoms with Gasteiger partial charge in [0, 0.05) is 6.42 Å². The summed E-state index contributed by atoms with van der Waals surface area (Å²) < 4.78 is 0. The molecule has 0 saturated carbocycles. The van der Waals surface area contributed by atoms with Gasteiger partial charge >= 0.3 is 0 Å². The topological polar surface area (TPSA) is 17.1 Å². The zero-order chi connectivity index (χ0) is 9.80. The van der Waals surface area contributed by atoms with Crippen LogP contribution in [0.4, 0.5) is 0 Å². The van der Waals surface area contributed by atoms with Gasteiger partial charge < -0.3 is 0 Å². The van der Waals surface area contributed by atoms with E-state index in [0.717, 1.165) is 24.8 Å². The fraction of sp³-hybridized carbons (Fsp3) is 0.462. The molecule has 0 atom stereocenters. The number of carbonyl (C=O) groups is 1. The first kappa shape index (κ1) is 9.45. The first-order valence-electron chi connectivity index (χ1n) is 5.46. The third kappa shape index (κ3) is 2.22. The Bertz CT molecular complexity index is 318. The third-order valence-corrected chi connectivity index (χ3v) is 2.91. The molecule has 0 fully saturated rings. The van der Waals surface area contributed by atoms with Crippen molar-refractivity contribution < 1.29 is 4.79 Å². The highest BCUT2D eigenvalue weighted by molar-refractivity contribution is 5.95. The summed E-state index contributed by atoms with van der Waals surface area (Å²) in [6, 6.07) is 0. The van der Waals surface area contributed by atoms with E-state index >= 15 is 0 Å². The van der Waals surface area contributed by atoms with Gasteiger partial charge in [-0.15, -0.1) is 0 Å². The van der Waals surface area contributed by atoms with E-state index in [1.807, 2.05) is 6.08 Å². The summed E-state index contributed by atoms with van der Waals surface area (Å²) in [6.45, 7) is 0. The Morgan fingerprint density at radius 2 is 2.21 bits per heavy atom. The van der Waals surface area contributed by atoms with Crippen molar-refractivity contribution in [3.8, 4) is 0 Å². The van der Waals surface area contributed by atoms with Crippen LogP contribution < -0.4 is 0 Å². The first-order valence-corrected chi connectivity index (χ1v) is 5.46. The van der Waals surface area contributed by atoms with Gasteiger partial charge in [0.25, 0.3) is 0 Å². The van der Waals surface area contributed by atoms with Crippen molar-refractivity contribution in [2.45, 2.75) is 38.5 Å². The molecule has 0 unspecified atom stereocenters. The van der Waals surface area contributed by atoms with Gasteiger partial charge in [0.1, 0.15) is 0 Å². The SMILES string of the molecule is O=C(CCC1=CC=C1)C1=CCCCC1. The van der Waals surface area contributed by atoms with Crippen molar-refractivity contribution in [3.05, 3.63) is 35.5 Å². The average Bonchev–Trinajstić information content (AvgIpc) is 2.16. The Balaban J connectivity index is 1.79. The van der Waals surface area contributed by atoms with Crippen LogP contribution in [-0.4, -0.2) is 5.78 Å². The molecule has 0 aromatic carbocycles. The lowest BCUT2D eigenvalue weighted by atomic mass is 9.92. The summed E-state index contributed by atoms with van der Waals surface area (Å²) >= 11 is 0. The van der Waals surface area contributed by atoms with Crippen molar-refractivity contribution in [3.63, 3.8) is 0 Å². The minimum atomic E-state index is 0.367. The maximum absolute atomic E-state index is 11.7. The average molecular weight is 188 g/mol. The number of hydrogen-bond acceptors (Lipinski definition) is 1. The Labute approximate surface area is 85.2 Å². The van der Waals surface area contributed by atoms with E-state index in [9.17, 15) is 4.79 Å². The van der Waals surface area contributed by atoms with Crippen LogP contribution in [0.25, 0.3) is 0 Å². The van der Waals surface area contributed by atoms with Crippen LogP contribution in [0.1, 0.15) is 38.5 Å². The smallest absolute Gasteiger partial charge is 0.158 e. The molecule has 2 aliphatic carbocycles. The highest BCUT2D eigenvalue weighted by atomic mass is 16.1. The van der Waals surface area contributed by atoms with Crippen molar-refractivity contribution in [1.29, 1.82) is 0 Å². The molecule has 74 valence electrons. The van der Waals surface area contributed by atoms with E-state index < -0.39 is 0 Å². The molecule has 0 aliphatic heterocycles. The van der Waals surface area contributed by atoms with Gasteiger partial charge in [-0.25, -0.2) is 0 Å². The second-order valence-electron chi connectivity index (χ2n) is 4.00. The van der Waals surface area contributed by atoms with Crippen LogP contribution in [0.5, 0.6) is 0 Å². The van der Waals surface area contributed by atoms with Crippen LogP contribution >= 0.6 is 0 Å². The summed E-state index contributed by atoms with van der Waals surface area (Å²) in [4.78, 5) is 11.7. The third-order valence-electron chi connectivity index (χ3n) is 2.91. The normalized spacial score (nSPS) is 19.7. The second-order valence-corrected chi connectivity index (χ2v) is 4.00. The largest absolute Gasteiger partial charge is 0.295 e. The maximum Gasteiger partial charge on any atom is 0.158 e. The molecule has 0 aromatic rings. The van der Waals surface area contributed by atoms with E-state index in [0.29, 0.717) is 12.2 Å². The molecule has 0 spiro atoms. The molecule has 0 bridgehead atoms. The highest BCUT2D eigenvalue weighted by Gasteiger charge is 2.12. The summed E-state index contributed by atoms with van der Waals surface area (Å²) in [5.74, 6) is 0.367. The van der Waals surface area contributed by atoms with Crippen molar-refractivity contribution >= 4 is 5.78 Å². The Hall–Kier alpha value is -1.11. The summed E-state index contributed by atoms with van der Waals surface area (Å²) in [7, 11) is 0. The van der Waals surface area contributed by atoms with E-state index in [4.69, 9.17) is 0 Å². The van der Waals surface area contributed by atoms with Gasteiger partial charge in [-0.1, -0.05) is 24.3 Å².